The third-order valence-electron chi connectivity index (χ3n) is 2.93. The largest absolute Gasteiger partial charge is 0.478 e. The van der Waals surface area contributed by atoms with Crippen molar-refractivity contribution in [3.8, 4) is 0 Å². The van der Waals surface area contributed by atoms with Gasteiger partial charge in [0.2, 0.25) is 5.91 Å². The van der Waals surface area contributed by atoms with Crippen LogP contribution in [0.25, 0.3) is 0 Å². The molecule has 21 heavy (non-hydrogen) atoms. The minimum atomic E-state index is -1.06. The SMILES string of the molecule is Cc1cccnc1CC(=O)Nc1ccc(Br)c(C(=O)O)c1. The molecule has 1 amide bonds. The standard InChI is InChI=1S/C15H13BrN2O3/c1-9-3-2-6-17-13(9)8-14(19)18-10-4-5-12(16)11(7-10)15(20)21/h2-7H,8H2,1H3,(H,18,19)(H,20,21). The van der Waals surface area contributed by atoms with Gasteiger partial charge in [-0.1, -0.05) is 6.07 Å². The number of hydrogen-bond donors (Lipinski definition) is 2. The van der Waals surface area contributed by atoms with Crippen LogP contribution in [0.4, 0.5) is 5.69 Å². The summed E-state index contributed by atoms with van der Waals surface area (Å²) in [4.78, 5) is 27.2. The van der Waals surface area contributed by atoms with Crippen LogP contribution >= 0.6 is 15.9 Å². The van der Waals surface area contributed by atoms with E-state index in [1.54, 1.807) is 18.3 Å². The lowest BCUT2D eigenvalue weighted by Crippen LogP contribution is -2.16. The first-order chi connectivity index (χ1) is 9.97. The molecule has 6 heteroatoms. The van der Waals surface area contributed by atoms with Gasteiger partial charge in [0.1, 0.15) is 0 Å². The van der Waals surface area contributed by atoms with Gasteiger partial charge >= 0.3 is 5.97 Å². The maximum absolute atomic E-state index is 12.0. The van der Waals surface area contributed by atoms with Crippen molar-refractivity contribution in [2.45, 2.75) is 13.3 Å². The fraction of sp³-hybridized carbons (Fsp3) is 0.133. The number of benzene rings is 1. The number of halogens is 1. The summed E-state index contributed by atoms with van der Waals surface area (Å²) in [6.07, 6.45) is 1.78. The van der Waals surface area contributed by atoms with Crippen molar-refractivity contribution in [2.24, 2.45) is 0 Å². The summed E-state index contributed by atoms with van der Waals surface area (Å²) in [7, 11) is 0. The molecular formula is C15H13BrN2O3. The van der Waals surface area contributed by atoms with E-state index >= 15 is 0 Å². The molecule has 0 aliphatic rings. The van der Waals surface area contributed by atoms with Crippen molar-refractivity contribution in [3.63, 3.8) is 0 Å². The van der Waals surface area contributed by atoms with Crippen LogP contribution in [0.5, 0.6) is 0 Å². The molecule has 2 N–H and O–H groups in total. The highest BCUT2D eigenvalue weighted by Gasteiger charge is 2.11. The van der Waals surface area contributed by atoms with Crippen LogP contribution < -0.4 is 5.32 Å². The molecule has 1 heterocycles. The van der Waals surface area contributed by atoms with E-state index < -0.39 is 5.97 Å². The number of nitrogens with zero attached hydrogens (tertiary/aromatic N) is 1. The highest BCUT2D eigenvalue weighted by Crippen LogP contribution is 2.21. The number of aromatic nitrogens is 1. The number of anilines is 1. The molecule has 0 unspecified atom stereocenters. The van der Waals surface area contributed by atoms with Gasteiger partial charge in [0.25, 0.3) is 0 Å². The molecule has 0 aliphatic heterocycles. The Morgan fingerprint density at radius 3 is 2.76 bits per heavy atom. The molecule has 5 nitrogen and oxygen atoms in total. The lowest BCUT2D eigenvalue weighted by molar-refractivity contribution is -0.115. The molecule has 0 saturated heterocycles. The number of amides is 1. The van der Waals surface area contributed by atoms with Crippen molar-refractivity contribution in [3.05, 3.63) is 57.8 Å². The number of carbonyl (C=O) groups excluding carboxylic acids is 1. The number of hydrogen-bond acceptors (Lipinski definition) is 3. The van der Waals surface area contributed by atoms with Gasteiger partial charge in [0, 0.05) is 16.4 Å². The predicted molar refractivity (Wildman–Crippen MR) is 82.4 cm³/mol. The number of pyridine rings is 1. The first-order valence-corrected chi connectivity index (χ1v) is 7.00. The normalized spacial score (nSPS) is 10.2. The molecule has 1 aromatic carbocycles. The molecule has 0 spiro atoms. The Morgan fingerprint density at radius 2 is 2.10 bits per heavy atom. The average molecular weight is 349 g/mol. The van der Waals surface area contributed by atoms with E-state index in [1.807, 2.05) is 19.1 Å². The Hall–Kier alpha value is -2.21. The summed E-state index contributed by atoms with van der Waals surface area (Å²) in [5, 5.41) is 11.7. The van der Waals surface area contributed by atoms with Gasteiger partial charge in [-0.15, -0.1) is 0 Å². The van der Waals surface area contributed by atoms with Crippen LogP contribution in [-0.2, 0) is 11.2 Å². The lowest BCUT2D eigenvalue weighted by Gasteiger charge is -2.08. The van der Waals surface area contributed by atoms with E-state index in [0.29, 0.717) is 15.9 Å². The second kappa shape index (κ2) is 6.49. The topological polar surface area (TPSA) is 79.3 Å². The van der Waals surface area contributed by atoms with Gasteiger partial charge < -0.3 is 10.4 Å². The smallest absolute Gasteiger partial charge is 0.336 e. The highest BCUT2D eigenvalue weighted by atomic mass is 79.9. The Kier molecular flexibility index (Phi) is 4.70. The molecule has 1 aromatic heterocycles. The van der Waals surface area contributed by atoms with E-state index in [1.165, 1.54) is 6.07 Å². The van der Waals surface area contributed by atoms with E-state index in [9.17, 15) is 9.59 Å². The number of carboxylic acids is 1. The quantitative estimate of drug-likeness (QED) is 0.889. The fourth-order valence-electron chi connectivity index (χ4n) is 1.83. The van der Waals surface area contributed by atoms with Gasteiger partial charge in [-0.05, 0) is 52.7 Å². The molecule has 0 atom stereocenters. The molecule has 0 saturated carbocycles. The van der Waals surface area contributed by atoms with Crippen LogP contribution in [0.3, 0.4) is 0 Å². The zero-order chi connectivity index (χ0) is 15.4. The van der Waals surface area contributed by atoms with Crippen molar-refractivity contribution < 1.29 is 14.7 Å². The van der Waals surface area contributed by atoms with Crippen molar-refractivity contribution >= 4 is 33.5 Å². The van der Waals surface area contributed by atoms with E-state index in [2.05, 4.69) is 26.2 Å². The minimum Gasteiger partial charge on any atom is -0.478 e. The summed E-state index contributed by atoms with van der Waals surface area (Å²) < 4.78 is 0.466. The average Bonchev–Trinajstić information content (AvgIpc) is 2.43. The summed E-state index contributed by atoms with van der Waals surface area (Å²) in [5.74, 6) is -1.30. The molecular weight excluding hydrogens is 336 g/mol. The molecule has 2 aromatic rings. The third-order valence-corrected chi connectivity index (χ3v) is 3.62. The Morgan fingerprint density at radius 1 is 1.33 bits per heavy atom. The van der Waals surface area contributed by atoms with Crippen molar-refractivity contribution in [1.82, 2.24) is 4.98 Å². The number of aryl methyl sites for hydroxylation is 1. The van der Waals surface area contributed by atoms with Gasteiger partial charge in [-0.25, -0.2) is 4.79 Å². The summed E-state index contributed by atoms with van der Waals surface area (Å²) >= 11 is 3.16. The van der Waals surface area contributed by atoms with Crippen LogP contribution in [0.15, 0.2) is 41.0 Å². The molecule has 0 aliphatic carbocycles. The van der Waals surface area contributed by atoms with E-state index in [-0.39, 0.29) is 17.9 Å². The van der Waals surface area contributed by atoms with Crippen molar-refractivity contribution in [2.75, 3.05) is 5.32 Å². The summed E-state index contributed by atoms with van der Waals surface area (Å²) in [6.45, 7) is 1.89. The Bertz CT molecular complexity index is 701. The second-order valence-corrected chi connectivity index (χ2v) is 5.35. The Labute approximate surface area is 130 Å². The molecule has 2 rings (SSSR count). The fourth-order valence-corrected chi connectivity index (χ4v) is 2.24. The van der Waals surface area contributed by atoms with Crippen molar-refractivity contribution in [1.29, 1.82) is 0 Å². The van der Waals surface area contributed by atoms with Gasteiger partial charge in [-0.3, -0.25) is 9.78 Å². The monoisotopic (exact) mass is 348 g/mol. The number of rotatable bonds is 4. The zero-order valence-electron chi connectivity index (χ0n) is 11.3. The summed E-state index contributed by atoms with van der Waals surface area (Å²) in [6, 6.07) is 8.34. The van der Waals surface area contributed by atoms with Gasteiger partial charge in [0.15, 0.2) is 0 Å². The van der Waals surface area contributed by atoms with E-state index in [0.717, 1.165) is 5.56 Å². The van der Waals surface area contributed by atoms with E-state index in [4.69, 9.17) is 5.11 Å². The highest BCUT2D eigenvalue weighted by molar-refractivity contribution is 9.10. The molecule has 0 radical (unpaired) electrons. The predicted octanol–water partition coefficient (Wildman–Crippen LogP) is 3.03. The molecule has 0 bridgehead atoms. The van der Waals surface area contributed by atoms with Crippen LogP contribution in [0.2, 0.25) is 0 Å². The number of carbonyl (C=O) groups is 2. The third kappa shape index (κ3) is 3.88. The van der Waals surface area contributed by atoms with Crippen LogP contribution in [-0.4, -0.2) is 22.0 Å². The first-order valence-electron chi connectivity index (χ1n) is 6.20. The molecule has 0 fully saturated rings. The maximum Gasteiger partial charge on any atom is 0.336 e. The number of carboxylic acid groups (broad SMARTS) is 1. The minimum absolute atomic E-state index is 0.0989. The summed E-state index contributed by atoms with van der Waals surface area (Å²) in [5.41, 5.74) is 2.18. The second-order valence-electron chi connectivity index (χ2n) is 4.49. The molecule has 108 valence electrons. The number of aromatic carboxylic acids is 1. The van der Waals surface area contributed by atoms with Crippen LogP contribution in [0.1, 0.15) is 21.6 Å². The van der Waals surface area contributed by atoms with Gasteiger partial charge in [0.05, 0.1) is 17.7 Å². The lowest BCUT2D eigenvalue weighted by atomic mass is 10.1. The maximum atomic E-state index is 12.0. The van der Waals surface area contributed by atoms with Gasteiger partial charge in [-0.2, -0.15) is 0 Å². The van der Waals surface area contributed by atoms with Crippen LogP contribution in [0, 0.1) is 6.92 Å². The zero-order valence-corrected chi connectivity index (χ0v) is 12.8. The Balaban J connectivity index is 2.12. The number of nitrogens with one attached hydrogen (secondary N) is 1. The first kappa shape index (κ1) is 15.2.